The highest BCUT2D eigenvalue weighted by Crippen LogP contribution is 2.26. The van der Waals surface area contributed by atoms with Gasteiger partial charge in [0.1, 0.15) is 0 Å². The maximum absolute atomic E-state index is 12.2. The highest BCUT2D eigenvalue weighted by atomic mass is 16.5. The van der Waals surface area contributed by atoms with Crippen LogP contribution in [0.15, 0.2) is 30.3 Å². The number of benzene rings is 1. The van der Waals surface area contributed by atoms with Crippen LogP contribution in [-0.2, 0) is 9.53 Å². The monoisotopic (exact) mass is 247 g/mol. The van der Waals surface area contributed by atoms with Gasteiger partial charge in [-0.2, -0.15) is 0 Å². The molecule has 0 radical (unpaired) electrons. The third-order valence-corrected chi connectivity index (χ3v) is 3.45. The molecular weight excluding hydrogens is 226 g/mol. The highest BCUT2D eigenvalue weighted by Gasteiger charge is 2.31. The van der Waals surface area contributed by atoms with E-state index in [2.05, 4.69) is 5.32 Å². The van der Waals surface area contributed by atoms with E-state index in [9.17, 15) is 4.79 Å². The van der Waals surface area contributed by atoms with Crippen molar-refractivity contribution in [3.8, 4) is 0 Å². The van der Waals surface area contributed by atoms with Crippen LogP contribution >= 0.6 is 0 Å². The Morgan fingerprint density at radius 1 is 1.39 bits per heavy atom. The molecule has 0 saturated carbocycles. The maximum Gasteiger partial charge on any atom is 0.315 e. The average Bonchev–Trinajstić information content (AvgIpc) is 2.42. The molecule has 1 fully saturated rings. The summed E-state index contributed by atoms with van der Waals surface area (Å²) in [5, 5.41) is 3.46. The summed E-state index contributed by atoms with van der Waals surface area (Å²) < 4.78 is 5.23. The van der Waals surface area contributed by atoms with Crippen molar-refractivity contribution in [3.05, 3.63) is 35.9 Å². The van der Waals surface area contributed by atoms with Crippen LogP contribution in [0.2, 0.25) is 0 Å². The normalized spacial score (nSPS) is 21.3. The summed E-state index contributed by atoms with van der Waals surface area (Å²) >= 11 is 0. The van der Waals surface area contributed by atoms with Crippen LogP contribution < -0.4 is 5.32 Å². The molecule has 1 aromatic rings. The van der Waals surface area contributed by atoms with Crippen molar-refractivity contribution in [1.82, 2.24) is 5.32 Å². The van der Waals surface area contributed by atoms with Crippen LogP contribution in [-0.4, -0.2) is 25.2 Å². The summed E-state index contributed by atoms with van der Waals surface area (Å²) in [7, 11) is 0. The van der Waals surface area contributed by atoms with Crippen molar-refractivity contribution in [2.45, 2.75) is 38.1 Å². The molecule has 0 unspecified atom stereocenters. The molecule has 0 amide bonds. The Kier molecular flexibility index (Phi) is 4.76. The Labute approximate surface area is 109 Å². The van der Waals surface area contributed by atoms with E-state index in [1.165, 1.54) is 12.8 Å². The van der Waals surface area contributed by atoms with Crippen LogP contribution in [0.4, 0.5) is 0 Å². The van der Waals surface area contributed by atoms with Crippen LogP contribution in [0.3, 0.4) is 0 Å². The van der Waals surface area contributed by atoms with Gasteiger partial charge in [-0.05, 0) is 31.9 Å². The molecule has 0 aliphatic carbocycles. The number of rotatable bonds is 4. The van der Waals surface area contributed by atoms with Gasteiger partial charge in [0.25, 0.3) is 0 Å². The van der Waals surface area contributed by atoms with E-state index in [1.807, 2.05) is 37.3 Å². The number of hydrogen-bond acceptors (Lipinski definition) is 3. The summed E-state index contributed by atoms with van der Waals surface area (Å²) in [5.41, 5.74) is 1.05. The summed E-state index contributed by atoms with van der Waals surface area (Å²) in [6.45, 7) is 3.29. The second-order valence-corrected chi connectivity index (χ2v) is 4.70. The molecule has 0 bridgehead atoms. The zero-order valence-electron chi connectivity index (χ0n) is 10.9. The first-order chi connectivity index (χ1) is 8.83. The van der Waals surface area contributed by atoms with Gasteiger partial charge in [0.05, 0.1) is 12.5 Å². The van der Waals surface area contributed by atoms with Crippen LogP contribution in [0.1, 0.15) is 37.7 Å². The molecule has 98 valence electrons. The van der Waals surface area contributed by atoms with E-state index < -0.39 is 0 Å². The number of carbonyl (C=O) groups is 1. The van der Waals surface area contributed by atoms with Crippen LogP contribution in [0, 0.1) is 0 Å². The zero-order chi connectivity index (χ0) is 12.8. The second kappa shape index (κ2) is 6.55. The summed E-state index contributed by atoms with van der Waals surface area (Å²) in [5.74, 6) is -0.283. The summed E-state index contributed by atoms with van der Waals surface area (Å²) in [6.07, 6.45) is 3.42. The smallest absolute Gasteiger partial charge is 0.315 e. The van der Waals surface area contributed by atoms with Gasteiger partial charge in [-0.25, -0.2) is 0 Å². The lowest BCUT2D eigenvalue weighted by Gasteiger charge is -2.30. The molecular formula is C15H21NO2. The topological polar surface area (TPSA) is 38.3 Å². The highest BCUT2D eigenvalue weighted by molar-refractivity contribution is 5.79. The number of piperidine rings is 1. The fraction of sp³-hybridized carbons (Fsp3) is 0.533. The van der Waals surface area contributed by atoms with E-state index in [-0.39, 0.29) is 17.9 Å². The molecule has 1 saturated heterocycles. The SMILES string of the molecule is CCOC(=O)[C@@H](c1ccccc1)[C@H]1CCCCN1. The minimum Gasteiger partial charge on any atom is -0.465 e. The molecule has 1 aromatic carbocycles. The second-order valence-electron chi connectivity index (χ2n) is 4.70. The molecule has 18 heavy (non-hydrogen) atoms. The van der Waals surface area contributed by atoms with E-state index >= 15 is 0 Å². The fourth-order valence-corrected chi connectivity index (χ4v) is 2.59. The number of nitrogens with one attached hydrogen (secondary N) is 1. The molecule has 3 nitrogen and oxygen atoms in total. The molecule has 2 atom stereocenters. The first-order valence-corrected chi connectivity index (χ1v) is 6.78. The number of esters is 1. The Hall–Kier alpha value is -1.35. The van der Waals surface area contributed by atoms with Crippen molar-refractivity contribution < 1.29 is 9.53 Å². The Balaban J connectivity index is 2.19. The number of carbonyl (C=O) groups excluding carboxylic acids is 1. The Morgan fingerprint density at radius 2 is 2.17 bits per heavy atom. The van der Waals surface area contributed by atoms with Crippen molar-refractivity contribution in [3.63, 3.8) is 0 Å². The van der Waals surface area contributed by atoms with Gasteiger partial charge in [0.2, 0.25) is 0 Å². The molecule has 0 aromatic heterocycles. The Bertz CT molecular complexity index is 371. The third-order valence-electron chi connectivity index (χ3n) is 3.45. The average molecular weight is 247 g/mol. The minimum absolute atomic E-state index is 0.108. The van der Waals surface area contributed by atoms with Gasteiger partial charge in [0, 0.05) is 6.04 Å². The zero-order valence-corrected chi connectivity index (χ0v) is 10.9. The number of hydrogen-bond donors (Lipinski definition) is 1. The molecule has 1 aliphatic rings. The summed E-state index contributed by atoms with van der Waals surface area (Å²) in [4.78, 5) is 12.2. The molecule has 1 heterocycles. The molecule has 2 rings (SSSR count). The van der Waals surface area contributed by atoms with E-state index in [1.54, 1.807) is 0 Å². The largest absolute Gasteiger partial charge is 0.465 e. The molecule has 1 aliphatic heterocycles. The first-order valence-electron chi connectivity index (χ1n) is 6.78. The van der Waals surface area contributed by atoms with Crippen molar-refractivity contribution in [2.75, 3.05) is 13.2 Å². The van der Waals surface area contributed by atoms with Gasteiger partial charge in [0.15, 0.2) is 0 Å². The lowest BCUT2D eigenvalue weighted by Crippen LogP contribution is -2.42. The van der Waals surface area contributed by atoms with Crippen LogP contribution in [0.5, 0.6) is 0 Å². The molecule has 3 heteroatoms. The molecule has 1 N–H and O–H groups in total. The Morgan fingerprint density at radius 3 is 2.78 bits per heavy atom. The van der Waals surface area contributed by atoms with Gasteiger partial charge < -0.3 is 10.1 Å². The van der Waals surface area contributed by atoms with Gasteiger partial charge >= 0.3 is 5.97 Å². The lowest BCUT2D eigenvalue weighted by molar-refractivity contribution is -0.145. The first kappa shape index (κ1) is 13.1. The van der Waals surface area contributed by atoms with E-state index in [0.29, 0.717) is 6.61 Å². The van der Waals surface area contributed by atoms with Crippen molar-refractivity contribution >= 4 is 5.97 Å². The lowest BCUT2D eigenvalue weighted by atomic mass is 9.86. The predicted molar refractivity (Wildman–Crippen MR) is 71.5 cm³/mol. The standard InChI is InChI=1S/C15H21NO2/c1-2-18-15(17)14(12-8-4-3-5-9-12)13-10-6-7-11-16-13/h3-5,8-9,13-14,16H,2,6-7,10-11H2,1H3/t13-,14+/m1/s1. The third kappa shape index (κ3) is 3.10. The van der Waals surface area contributed by atoms with Crippen LogP contribution in [0.25, 0.3) is 0 Å². The van der Waals surface area contributed by atoms with Crippen molar-refractivity contribution in [2.24, 2.45) is 0 Å². The van der Waals surface area contributed by atoms with Crippen molar-refractivity contribution in [1.29, 1.82) is 0 Å². The fourth-order valence-electron chi connectivity index (χ4n) is 2.59. The summed E-state index contributed by atoms with van der Waals surface area (Å²) in [6, 6.07) is 10.2. The van der Waals surface area contributed by atoms with E-state index in [0.717, 1.165) is 18.5 Å². The van der Waals surface area contributed by atoms with E-state index in [4.69, 9.17) is 4.74 Å². The molecule has 0 spiro atoms. The quantitative estimate of drug-likeness (QED) is 0.831. The van der Waals surface area contributed by atoms with Gasteiger partial charge in [-0.3, -0.25) is 4.79 Å². The van der Waals surface area contributed by atoms with Gasteiger partial charge in [-0.15, -0.1) is 0 Å². The minimum atomic E-state index is -0.175. The predicted octanol–water partition coefficient (Wildman–Crippen LogP) is 2.48. The maximum atomic E-state index is 12.2. The van der Waals surface area contributed by atoms with Gasteiger partial charge in [-0.1, -0.05) is 36.8 Å². The number of ether oxygens (including phenoxy) is 1.